The van der Waals surface area contributed by atoms with Crippen LogP contribution in [0.3, 0.4) is 0 Å². The highest BCUT2D eigenvalue weighted by atomic mass is 16.5. The molecule has 0 aliphatic carbocycles. The quantitative estimate of drug-likeness (QED) is 0.776. The van der Waals surface area contributed by atoms with Crippen LogP contribution in [-0.4, -0.2) is 33.9 Å². The van der Waals surface area contributed by atoms with Gasteiger partial charge in [0.25, 0.3) is 5.91 Å². The molecule has 1 aromatic carbocycles. The summed E-state index contributed by atoms with van der Waals surface area (Å²) >= 11 is 0. The number of benzene rings is 1. The Morgan fingerprint density at radius 2 is 2.12 bits per heavy atom. The summed E-state index contributed by atoms with van der Waals surface area (Å²) < 4.78 is 7.27. The molecule has 0 unspecified atom stereocenters. The maximum atomic E-state index is 12.8. The molecule has 1 aliphatic heterocycles. The van der Waals surface area contributed by atoms with E-state index >= 15 is 0 Å². The van der Waals surface area contributed by atoms with Gasteiger partial charge < -0.3 is 15.0 Å². The van der Waals surface area contributed by atoms with Crippen molar-refractivity contribution in [1.29, 1.82) is 0 Å². The zero-order valence-corrected chi connectivity index (χ0v) is 13.6. The van der Waals surface area contributed by atoms with Crippen LogP contribution in [0.2, 0.25) is 0 Å². The van der Waals surface area contributed by atoms with Crippen LogP contribution in [0.25, 0.3) is 10.9 Å². The van der Waals surface area contributed by atoms with E-state index in [0.29, 0.717) is 18.9 Å². The van der Waals surface area contributed by atoms with E-state index < -0.39 is 0 Å². The Balaban J connectivity index is 1.59. The number of amides is 1. The Hall–Kier alpha value is -2.60. The Kier molecular flexibility index (Phi) is 3.82. The van der Waals surface area contributed by atoms with E-state index in [1.54, 1.807) is 0 Å². The van der Waals surface area contributed by atoms with Crippen molar-refractivity contribution in [3.05, 3.63) is 47.9 Å². The molecule has 2 N–H and O–H groups in total. The highest BCUT2D eigenvalue weighted by Crippen LogP contribution is 2.24. The molecule has 1 fully saturated rings. The Bertz CT molecular complexity index is 874. The van der Waals surface area contributed by atoms with Crippen LogP contribution < -0.4 is 5.32 Å². The van der Waals surface area contributed by atoms with Gasteiger partial charge in [0.1, 0.15) is 5.69 Å². The summed E-state index contributed by atoms with van der Waals surface area (Å²) in [6, 6.07) is 9.91. The predicted molar refractivity (Wildman–Crippen MR) is 92.3 cm³/mol. The number of aromatic nitrogens is 3. The van der Waals surface area contributed by atoms with Crippen molar-refractivity contribution in [3.63, 3.8) is 0 Å². The second kappa shape index (κ2) is 6.13. The second-order valence-corrected chi connectivity index (χ2v) is 6.19. The van der Waals surface area contributed by atoms with E-state index in [2.05, 4.69) is 15.4 Å². The first-order valence-corrected chi connectivity index (χ1v) is 8.23. The summed E-state index contributed by atoms with van der Waals surface area (Å²) in [5.74, 6) is -0.131. The van der Waals surface area contributed by atoms with Crippen molar-refractivity contribution in [3.8, 4) is 0 Å². The number of H-pyrrole nitrogens is 1. The summed E-state index contributed by atoms with van der Waals surface area (Å²) in [4.78, 5) is 15.9. The van der Waals surface area contributed by atoms with E-state index in [-0.39, 0.29) is 11.9 Å². The minimum atomic E-state index is -0.131. The number of nitrogens with one attached hydrogen (secondary N) is 2. The minimum Gasteiger partial charge on any atom is -0.381 e. The summed E-state index contributed by atoms with van der Waals surface area (Å²) in [7, 11) is 0. The number of rotatable bonds is 3. The fraction of sp³-hybridized carbons (Fsp3) is 0.333. The minimum absolute atomic E-state index is 0.131. The summed E-state index contributed by atoms with van der Waals surface area (Å²) in [5, 5.41) is 8.64. The summed E-state index contributed by atoms with van der Waals surface area (Å²) in [6.45, 7) is 3.35. The normalized spacial score (nSPS) is 15.7. The van der Waals surface area contributed by atoms with E-state index in [0.717, 1.165) is 35.1 Å². The van der Waals surface area contributed by atoms with Gasteiger partial charge in [-0.1, -0.05) is 6.07 Å². The van der Waals surface area contributed by atoms with Crippen molar-refractivity contribution < 1.29 is 9.53 Å². The highest BCUT2D eigenvalue weighted by Gasteiger charge is 2.23. The number of carbonyl (C=O) groups excluding carboxylic acids is 1. The third-order valence-corrected chi connectivity index (χ3v) is 4.44. The molecule has 1 amide bonds. The number of aromatic amines is 1. The monoisotopic (exact) mass is 324 g/mol. The molecule has 4 rings (SSSR count). The van der Waals surface area contributed by atoms with Crippen LogP contribution in [0, 0.1) is 6.92 Å². The van der Waals surface area contributed by atoms with Crippen LogP contribution in [0.1, 0.15) is 35.1 Å². The fourth-order valence-electron chi connectivity index (χ4n) is 3.22. The molecule has 1 aliphatic rings. The number of hydrogen-bond donors (Lipinski definition) is 2. The molecular formula is C18H20N4O2. The maximum Gasteiger partial charge on any atom is 0.273 e. The summed E-state index contributed by atoms with van der Waals surface area (Å²) in [5.41, 5.74) is 3.23. The predicted octanol–water partition coefficient (Wildman–Crippen LogP) is 3.28. The third kappa shape index (κ3) is 2.80. The zero-order chi connectivity index (χ0) is 16.5. The lowest BCUT2D eigenvalue weighted by Gasteiger charge is -2.24. The van der Waals surface area contributed by atoms with Gasteiger partial charge in [-0.25, -0.2) is 0 Å². The molecule has 1 saturated heterocycles. The van der Waals surface area contributed by atoms with Gasteiger partial charge in [0.15, 0.2) is 0 Å². The lowest BCUT2D eigenvalue weighted by atomic mass is 10.1. The first-order chi connectivity index (χ1) is 11.7. The molecule has 0 spiro atoms. The van der Waals surface area contributed by atoms with Crippen molar-refractivity contribution in [2.75, 3.05) is 18.5 Å². The van der Waals surface area contributed by atoms with Gasteiger partial charge in [0, 0.05) is 30.6 Å². The molecule has 124 valence electrons. The van der Waals surface area contributed by atoms with Crippen LogP contribution in [0.4, 0.5) is 5.69 Å². The van der Waals surface area contributed by atoms with Crippen LogP contribution in [0.5, 0.6) is 0 Å². The smallest absolute Gasteiger partial charge is 0.273 e. The van der Waals surface area contributed by atoms with Crippen LogP contribution in [0.15, 0.2) is 36.5 Å². The molecule has 6 nitrogen and oxygen atoms in total. The van der Waals surface area contributed by atoms with E-state index in [9.17, 15) is 4.79 Å². The van der Waals surface area contributed by atoms with Gasteiger partial charge in [-0.05, 0) is 49.4 Å². The number of nitrogens with zero attached hydrogens (tertiary/aromatic N) is 2. The van der Waals surface area contributed by atoms with Gasteiger partial charge >= 0.3 is 0 Å². The molecule has 0 bridgehead atoms. The average molecular weight is 324 g/mol. The molecule has 0 atom stereocenters. The lowest BCUT2D eigenvalue weighted by Crippen LogP contribution is -2.25. The highest BCUT2D eigenvalue weighted by molar-refractivity contribution is 6.04. The van der Waals surface area contributed by atoms with Crippen molar-refractivity contribution in [2.45, 2.75) is 25.8 Å². The van der Waals surface area contributed by atoms with Crippen molar-refractivity contribution in [2.24, 2.45) is 0 Å². The number of aryl methyl sites for hydroxylation is 1. The topological polar surface area (TPSA) is 71.9 Å². The van der Waals surface area contributed by atoms with Gasteiger partial charge in [-0.15, -0.1) is 0 Å². The van der Waals surface area contributed by atoms with Crippen molar-refractivity contribution in [1.82, 2.24) is 14.8 Å². The molecule has 6 heteroatoms. The number of carbonyl (C=O) groups is 1. The van der Waals surface area contributed by atoms with Gasteiger partial charge in [-0.3, -0.25) is 9.48 Å². The van der Waals surface area contributed by atoms with Crippen molar-refractivity contribution >= 4 is 22.5 Å². The van der Waals surface area contributed by atoms with Crippen LogP contribution in [-0.2, 0) is 4.74 Å². The summed E-state index contributed by atoms with van der Waals surface area (Å²) in [6.07, 6.45) is 3.66. The second-order valence-electron chi connectivity index (χ2n) is 6.19. The van der Waals surface area contributed by atoms with Gasteiger partial charge in [0.05, 0.1) is 11.7 Å². The number of fused-ring (bicyclic) bond motifs is 1. The number of ether oxygens (including phenoxy) is 1. The Labute approximate surface area is 139 Å². The number of hydrogen-bond acceptors (Lipinski definition) is 3. The first kappa shape index (κ1) is 15.0. The molecule has 3 heterocycles. The first-order valence-electron chi connectivity index (χ1n) is 8.23. The largest absolute Gasteiger partial charge is 0.381 e. The molecule has 2 aromatic heterocycles. The molecule has 3 aromatic rings. The standard InChI is InChI=1S/C18H20N4O2/c1-12-10-17(22(21-12)15-5-8-24-9-6-15)18(23)20-14-3-2-13-4-7-19-16(13)11-14/h2-4,7,10-11,15,19H,5-6,8-9H2,1H3,(H,20,23). The number of anilines is 1. The van der Waals surface area contributed by atoms with Gasteiger partial charge in [0.2, 0.25) is 0 Å². The van der Waals surface area contributed by atoms with E-state index in [1.165, 1.54) is 0 Å². The Morgan fingerprint density at radius 1 is 1.29 bits per heavy atom. The Morgan fingerprint density at radius 3 is 2.96 bits per heavy atom. The zero-order valence-electron chi connectivity index (χ0n) is 13.6. The maximum absolute atomic E-state index is 12.8. The lowest BCUT2D eigenvalue weighted by molar-refractivity contribution is 0.0646. The van der Waals surface area contributed by atoms with Crippen LogP contribution >= 0.6 is 0 Å². The third-order valence-electron chi connectivity index (χ3n) is 4.44. The van der Waals surface area contributed by atoms with E-state index in [1.807, 2.05) is 48.1 Å². The van der Waals surface area contributed by atoms with Gasteiger partial charge in [-0.2, -0.15) is 5.10 Å². The molecule has 24 heavy (non-hydrogen) atoms. The molecule has 0 radical (unpaired) electrons. The fourth-order valence-corrected chi connectivity index (χ4v) is 3.22. The average Bonchev–Trinajstić information content (AvgIpc) is 3.21. The molecular weight excluding hydrogens is 304 g/mol. The van der Waals surface area contributed by atoms with E-state index in [4.69, 9.17) is 4.74 Å². The SMILES string of the molecule is Cc1cc(C(=O)Nc2ccc3cc[nH]c3c2)n(C2CCOCC2)n1. The molecule has 0 saturated carbocycles.